The van der Waals surface area contributed by atoms with Crippen LogP contribution in [0.4, 0.5) is 0 Å². The fourth-order valence-electron chi connectivity index (χ4n) is 4.95. The summed E-state index contributed by atoms with van der Waals surface area (Å²) in [6, 6.07) is 0.265. The predicted molar refractivity (Wildman–Crippen MR) is 110 cm³/mol. The number of hydroxylamine groups is 4. The molecule has 6 nitrogen and oxygen atoms in total. The highest BCUT2D eigenvalue weighted by Gasteiger charge is 2.40. The van der Waals surface area contributed by atoms with Crippen LogP contribution >= 0.6 is 0 Å². The van der Waals surface area contributed by atoms with Crippen molar-refractivity contribution >= 4 is 12.4 Å². The minimum atomic E-state index is -0.407. The number of hydrogen-bond acceptors (Lipinski definition) is 6. The summed E-state index contributed by atoms with van der Waals surface area (Å²) in [6.07, 6.45) is 6.55. The summed E-state index contributed by atoms with van der Waals surface area (Å²) in [5, 5.41) is 27.3. The van der Waals surface area contributed by atoms with Crippen molar-refractivity contribution in [1.29, 1.82) is 0 Å². The van der Waals surface area contributed by atoms with Crippen LogP contribution in [0.25, 0.3) is 0 Å². The van der Waals surface area contributed by atoms with E-state index in [0.29, 0.717) is 0 Å². The van der Waals surface area contributed by atoms with Crippen LogP contribution in [0.2, 0.25) is 0 Å². The van der Waals surface area contributed by atoms with Gasteiger partial charge in [-0.05, 0) is 81.1 Å². The molecule has 0 aliphatic carbocycles. The molecule has 0 amide bonds. The first-order chi connectivity index (χ1) is 11.7. The Morgan fingerprint density at radius 1 is 0.615 bits per heavy atom. The van der Waals surface area contributed by atoms with Gasteiger partial charge in [0.05, 0.1) is 12.1 Å². The Hall–Kier alpha value is -0.820. The predicted octanol–water partition coefficient (Wildman–Crippen LogP) is 4.17. The molecule has 0 aromatic heterocycles. The van der Waals surface area contributed by atoms with Crippen LogP contribution in [0.5, 0.6) is 0 Å². The van der Waals surface area contributed by atoms with E-state index >= 15 is 0 Å². The van der Waals surface area contributed by atoms with E-state index in [9.17, 15) is 10.4 Å². The largest absolute Gasteiger partial charge is 0.784 e. The van der Waals surface area contributed by atoms with E-state index < -0.39 is 22.2 Å². The summed E-state index contributed by atoms with van der Waals surface area (Å²) in [5.74, 6) is 0. The van der Waals surface area contributed by atoms with Crippen molar-refractivity contribution in [2.75, 3.05) is 0 Å². The van der Waals surface area contributed by atoms with Crippen LogP contribution in [0.1, 0.15) is 81.1 Å². The average Bonchev–Trinajstić information content (AvgIpc) is 2.45. The second kappa shape index (κ2) is 6.97. The zero-order valence-corrected chi connectivity index (χ0v) is 17.7. The zero-order valence-electron chi connectivity index (χ0n) is 17.7. The Bertz CT molecular complexity index is 480. The quantitative estimate of drug-likeness (QED) is 0.704. The highest BCUT2D eigenvalue weighted by atomic mass is 16.5. The lowest BCUT2D eigenvalue weighted by molar-refractivity contribution is 0.00940. The van der Waals surface area contributed by atoms with E-state index in [1.165, 1.54) is 10.1 Å². The van der Waals surface area contributed by atoms with Crippen LogP contribution < -0.4 is 0 Å². The maximum absolute atomic E-state index is 12.4. The van der Waals surface area contributed by atoms with Gasteiger partial charge in [0.2, 0.25) is 0 Å². The van der Waals surface area contributed by atoms with Crippen molar-refractivity contribution < 1.29 is 0 Å². The van der Waals surface area contributed by atoms with Gasteiger partial charge in [-0.1, -0.05) is 0 Å². The SMILES string of the molecule is CC1(C)CC(N=CC=NC2CC(C)(C)N([O-])C(C)(C)C2)CC(C)(C)N1[O-]. The Morgan fingerprint density at radius 3 is 1.08 bits per heavy atom. The van der Waals surface area contributed by atoms with E-state index in [-0.39, 0.29) is 12.1 Å². The maximum Gasteiger partial charge on any atom is 0.0534 e. The third-order valence-electron chi connectivity index (χ3n) is 5.80. The van der Waals surface area contributed by atoms with Gasteiger partial charge >= 0.3 is 0 Å². The standard InChI is InChI=1S/C20H36N4O2/c1-17(2)11-15(12-18(3,4)23(17)25)21-9-10-22-16-13-19(5,6)24(26)20(7,8)14-16/h9-10,15-16H,11-14H2,1-8H3/q-2. The third-order valence-corrected chi connectivity index (χ3v) is 5.80. The topological polar surface area (TPSA) is 77.3 Å². The molecule has 2 aliphatic heterocycles. The summed E-state index contributed by atoms with van der Waals surface area (Å²) in [6.45, 7) is 15.9. The van der Waals surface area contributed by atoms with Crippen LogP contribution in [0.3, 0.4) is 0 Å². The van der Waals surface area contributed by atoms with Crippen molar-refractivity contribution in [3.8, 4) is 0 Å². The van der Waals surface area contributed by atoms with Gasteiger partial charge in [0.25, 0.3) is 0 Å². The third kappa shape index (κ3) is 4.53. The van der Waals surface area contributed by atoms with Crippen LogP contribution in [-0.4, -0.2) is 56.8 Å². The Morgan fingerprint density at radius 2 is 0.846 bits per heavy atom. The highest BCUT2D eigenvalue weighted by molar-refractivity contribution is 6.16. The molecule has 0 spiro atoms. The Balaban J connectivity index is 2.00. The molecule has 0 unspecified atom stereocenters. The molecule has 6 heteroatoms. The monoisotopic (exact) mass is 364 g/mol. The number of rotatable bonds is 3. The molecule has 26 heavy (non-hydrogen) atoms. The molecule has 0 radical (unpaired) electrons. The van der Waals surface area contributed by atoms with Crippen LogP contribution in [0, 0.1) is 10.4 Å². The summed E-state index contributed by atoms with van der Waals surface area (Å²) in [4.78, 5) is 9.34. The molecule has 0 bridgehead atoms. The van der Waals surface area contributed by atoms with E-state index in [1.807, 2.05) is 55.4 Å². The highest BCUT2D eigenvalue weighted by Crippen LogP contribution is 2.39. The second-order valence-electron chi connectivity index (χ2n) is 10.6. The minimum Gasteiger partial charge on any atom is -0.784 e. The van der Waals surface area contributed by atoms with Crippen LogP contribution in [0.15, 0.2) is 9.98 Å². The molecule has 0 aromatic carbocycles. The molecule has 150 valence electrons. The summed E-state index contributed by atoms with van der Waals surface area (Å²) in [7, 11) is 0. The van der Waals surface area contributed by atoms with E-state index in [0.717, 1.165) is 25.7 Å². The Labute approximate surface area is 158 Å². The smallest absolute Gasteiger partial charge is 0.0534 e. The second-order valence-corrected chi connectivity index (χ2v) is 10.6. The van der Waals surface area contributed by atoms with Gasteiger partial charge in [0.1, 0.15) is 0 Å². The molecule has 0 atom stereocenters. The summed E-state index contributed by atoms with van der Waals surface area (Å²) < 4.78 is 0. The molecule has 2 rings (SSSR count). The van der Waals surface area contributed by atoms with Gasteiger partial charge < -0.3 is 20.5 Å². The molecule has 2 aliphatic rings. The fourth-order valence-corrected chi connectivity index (χ4v) is 4.95. The van der Waals surface area contributed by atoms with Gasteiger partial charge in [-0.15, -0.1) is 0 Å². The number of hydrogen-bond donors (Lipinski definition) is 0. The van der Waals surface area contributed by atoms with Crippen molar-refractivity contribution in [3.05, 3.63) is 10.4 Å². The number of nitrogens with zero attached hydrogens (tertiary/aromatic N) is 4. The lowest BCUT2D eigenvalue weighted by Crippen LogP contribution is -2.58. The lowest BCUT2D eigenvalue weighted by Gasteiger charge is -2.59. The first-order valence-electron chi connectivity index (χ1n) is 9.67. The van der Waals surface area contributed by atoms with Gasteiger partial charge in [-0.2, -0.15) is 0 Å². The van der Waals surface area contributed by atoms with E-state index in [4.69, 9.17) is 0 Å². The van der Waals surface area contributed by atoms with Crippen molar-refractivity contribution in [2.45, 2.75) is 115 Å². The Kier molecular flexibility index (Phi) is 5.76. The molecule has 2 heterocycles. The summed E-state index contributed by atoms with van der Waals surface area (Å²) in [5.41, 5.74) is -1.63. The molecule has 2 saturated heterocycles. The molecule has 2 fully saturated rings. The van der Waals surface area contributed by atoms with Gasteiger partial charge in [0.15, 0.2) is 0 Å². The summed E-state index contributed by atoms with van der Waals surface area (Å²) >= 11 is 0. The van der Waals surface area contributed by atoms with Crippen molar-refractivity contribution in [1.82, 2.24) is 10.1 Å². The normalized spacial score (nSPS) is 30.4. The van der Waals surface area contributed by atoms with Gasteiger partial charge in [-0.25, -0.2) is 0 Å². The fraction of sp³-hybridized carbons (Fsp3) is 0.900. The first-order valence-corrected chi connectivity index (χ1v) is 9.67. The van der Waals surface area contributed by atoms with E-state index in [2.05, 4.69) is 9.98 Å². The molecular formula is C20H36N4O2-2. The molecule has 0 saturated carbocycles. The molecule has 0 aromatic rings. The van der Waals surface area contributed by atoms with Crippen LogP contribution in [-0.2, 0) is 0 Å². The maximum atomic E-state index is 12.4. The lowest BCUT2D eigenvalue weighted by atomic mass is 9.79. The number of aliphatic imine (C=N–C) groups is 2. The van der Waals surface area contributed by atoms with E-state index in [1.54, 1.807) is 12.4 Å². The van der Waals surface area contributed by atoms with Crippen molar-refractivity contribution in [3.63, 3.8) is 0 Å². The molecule has 0 N–H and O–H groups in total. The number of piperidine rings is 2. The first kappa shape index (κ1) is 21.5. The minimum absolute atomic E-state index is 0.132. The van der Waals surface area contributed by atoms with Gasteiger partial charge in [-0.3, -0.25) is 9.98 Å². The zero-order chi connectivity index (χ0) is 20.0. The molecular weight excluding hydrogens is 328 g/mol. The average molecular weight is 365 g/mol. The van der Waals surface area contributed by atoms with Crippen molar-refractivity contribution in [2.24, 2.45) is 9.98 Å². The van der Waals surface area contributed by atoms with Gasteiger partial charge in [0, 0.05) is 34.6 Å².